The molecule has 0 radical (unpaired) electrons. The van der Waals surface area contributed by atoms with E-state index in [2.05, 4.69) is 0 Å². The number of benzene rings is 1. The van der Waals surface area contributed by atoms with Gasteiger partial charge in [0, 0.05) is 11.1 Å². The molecule has 0 bridgehead atoms. The van der Waals surface area contributed by atoms with Gasteiger partial charge in [-0.3, -0.25) is 14.4 Å². The SMILES string of the molecule is O=C1C[C@@H](O)[C@@H](C2=CC(=O)c3c(O)cccc3C2=O)O1. The average molecular weight is 274 g/mol. The van der Waals surface area contributed by atoms with Crippen LogP contribution >= 0.6 is 0 Å². The minimum Gasteiger partial charge on any atom is -0.507 e. The number of esters is 1. The molecule has 1 aromatic rings. The summed E-state index contributed by atoms with van der Waals surface area (Å²) < 4.78 is 4.88. The number of ketones is 2. The molecule has 102 valence electrons. The number of hydrogen-bond acceptors (Lipinski definition) is 6. The molecule has 1 heterocycles. The van der Waals surface area contributed by atoms with Crippen LogP contribution in [0.15, 0.2) is 29.8 Å². The lowest BCUT2D eigenvalue weighted by Gasteiger charge is -2.21. The number of Topliss-reactive ketones (excluding diaryl/α,β-unsaturated/α-hetero) is 1. The van der Waals surface area contributed by atoms with Crippen LogP contribution in [0.1, 0.15) is 27.1 Å². The molecule has 1 aliphatic heterocycles. The topological polar surface area (TPSA) is 101 Å². The van der Waals surface area contributed by atoms with Crippen LogP contribution in [0.3, 0.4) is 0 Å². The van der Waals surface area contributed by atoms with Crippen molar-refractivity contribution in [1.82, 2.24) is 0 Å². The minimum atomic E-state index is -1.15. The molecular weight excluding hydrogens is 264 g/mol. The maximum absolute atomic E-state index is 12.3. The number of rotatable bonds is 1. The quantitative estimate of drug-likeness (QED) is 0.718. The van der Waals surface area contributed by atoms with E-state index >= 15 is 0 Å². The van der Waals surface area contributed by atoms with Gasteiger partial charge in [-0.1, -0.05) is 12.1 Å². The fourth-order valence-corrected chi connectivity index (χ4v) is 2.45. The predicted molar refractivity (Wildman–Crippen MR) is 65.4 cm³/mol. The molecule has 6 nitrogen and oxygen atoms in total. The summed E-state index contributed by atoms with van der Waals surface area (Å²) >= 11 is 0. The average Bonchev–Trinajstić information content (AvgIpc) is 2.72. The van der Waals surface area contributed by atoms with Crippen molar-refractivity contribution in [3.8, 4) is 5.75 Å². The van der Waals surface area contributed by atoms with Crippen LogP contribution in [-0.2, 0) is 9.53 Å². The Morgan fingerprint density at radius 2 is 1.95 bits per heavy atom. The first-order chi connectivity index (χ1) is 9.49. The van der Waals surface area contributed by atoms with Crippen LogP contribution in [0, 0.1) is 0 Å². The van der Waals surface area contributed by atoms with Gasteiger partial charge < -0.3 is 14.9 Å². The number of carbonyl (C=O) groups is 3. The Bertz CT molecular complexity index is 672. The Labute approximate surface area is 113 Å². The minimum absolute atomic E-state index is 0.0441. The molecule has 1 fully saturated rings. The van der Waals surface area contributed by atoms with E-state index in [0.717, 1.165) is 6.08 Å². The molecule has 2 atom stereocenters. The Balaban J connectivity index is 2.07. The Morgan fingerprint density at radius 1 is 1.20 bits per heavy atom. The Morgan fingerprint density at radius 3 is 2.60 bits per heavy atom. The molecule has 0 saturated carbocycles. The largest absolute Gasteiger partial charge is 0.507 e. The fourth-order valence-electron chi connectivity index (χ4n) is 2.45. The van der Waals surface area contributed by atoms with E-state index in [4.69, 9.17) is 4.74 Å². The maximum Gasteiger partial charge on any atom is 0.309 e. The van der Waals surface area contributed by atoms with E-state index in [1.165, 1.54) is 18.2 Å². The molecule has 0 unspecified atom stereocenters. The van der Waals surface area contributed by atoms with E-state index < -0.39 is 29.7 Å². The molecule has 0 amide bonds. The van der Waals surface area contributed by atoms with Crippen molar-refractivity contribution in [2.75, 3.05) is 0 Å². The van der Waals surface area contributed by atoms with Gasteiger partial charge in [-0.15, -0.1) is 0 Å². The summed E-state index contributed by atoms with van der Waals surface area (Å²) in [6, 6.07) is 4.16. The third kappa shape index (κ3) is 1.73. The number of aromatic hydroxyl groups is 1. The van der Waals surface area contributed by atoms with Crippen LogP contribution in [-0.4, -0.2) is 40.0 Å². The van der Waals surface area contributed by atoms with E-state index in [-0.39, 0.29) is 28.9 Å². The Hall–Kier alpha value is -2.47. The summed E-state index contributed by atoms with van der Waals surface area (Å²) in [5.41, 5.74) is -0.0887. The summed E-state index contributed by atoms with van der Waals surface area (Å²) in [7, 11) is 0. The normalized spacial score (nSPS) is 25.2. The number of phenolic OH excluding ortho intramolecular Hbond substituents is 1. The van der Waals surface area contributed by atoms with E-state index in [9.17, 15) is 24.6 Å². The van der Waals surface area contributed by atoms with Crippen molar-refractivity contribution in [1.29, 1.82) is 0 Å². The van der Waals surface area contributed by atoms with Crippen molar-refractivity contribution >= 4 is 17.5 Å². The third-order valence-corrected chi connectivity index (χ3v) is 3.37. The lowest BCUT2D eigenvalue weighted by atomic mass is 9.85. The lowest BCUT2D eigenvalue weighted by Crippen LogP contribution is -2.31. The fraction of sp³-hybridized carbons (Fsp3) is 0.214. The zero-order valence-electron chi connectivity index (χ0n) is 10.2. The van der Waals surface area contributed by atoms with Crippen LogP contribution in [0.4, 0.5) is 0 Å². The summed E-state index contributed by atoms with van der Waals surface area (Å²) in [5.74, 6) is -1.98. The monoisotopic (exact) mass is 274 g/mol. The van der Waals surface area contributed by atoms with Crippen LogP contribution < -0.4 is 0 Å². The Kier molecular flexibility index (Phi) is 2.69. The van der Waals surface area contributed by atoms with Gasteiger partial charge >= 0.3 is 5.97 Å². The zero-order chi connectivity index (χ0) is 14.4. The van der Waals surface area contributed by atoms with Crippen LogP contribution in [0.5, 0.6) is 5.75 Å². The van der Waals surface area contributed by atoms with Crippen molar-refractivity contribution < 1.29 is 29.3 Å². The van der Waals surface area contributed by atoms with Gasteiger partial charge in [-0.05, 0) is 12.1 Å². The maximum atomic E-state index is 12.3. The molecule has 2 aliphatic rings. The van der Waals surface area contributed by atoms with Gasteiger partial charge in [0.15, 0.2) is 17.7 Å². The van der Waals surface area contributed by atoms with Gasteiger partial charge in [0.05, 0.1) is 12.0 Å². The number of allylic oxidation sites excluding steroid dienone is 1. The lowest BCUT2D eigenvalue weighted by molar-refractivity contribution is -0.140. The number of aliphatic hydroxyl groups is 1. The van der Waals surface area contributed by atoms with Crippen molar-refractivity contribution in [2.45, 2.75) is 18.6 Å². The first-order valence-corrected chi connectivity index (χ1v) is 5.99. The number of phenols is 1. The summed E-state index contributed by atoms with van der Waals surface area (Å²) in [6.45, 7) is 0. The molecule has 2 N–H and O–H groups in total. The van der Waals surface area contributed by atoms with E-state index in [1.807, 2.05) is 0 Å². The molecule has 1 saturated heterocycles. The second-order valence-electron chi connectivity index (χ2n) is 4.67. The first-order valence-electron chi connectivity index (χ1n) is 5.99. The van der Waals surface area contributed by atoms with Crippen molar-refractivity contribution in [3.63, 3.8) is 0 Å². The van der Waals surface area contributed by atoms with Crippen molar-refractivity contribution in [2.24, 2.45) is 0 Å². The summed E-state index contributed by atoms with van der Waals surface area (Å²) in [4.78, 5) is 35.5. The highest BCUT2D eigenvalue weighted by atomic mass is 16.6. The third-order valence-electron chi connectivity index (χ3n) is 3.37. The highest BCUT2D eigenvalue weighted by molar-refractivity contribution is 6.26. The number of ether oxygens (including phenoxy) is 1. The second kappa shape index (κ2) is 4.28. The van der Waals surface area contributed by atoms with Gasteiger partial charge in [0.25, 0.3) is 0 Å². The molecule has 6 heteroatoms. The molecule has 0 spiro atoms. The predicted octanol–water partition coefficient (Wildman–Crippen LogP) is 0.374. The number of hydrogen-bond donors (Lipinski definition) is 2. The van der Waals surface area contributed by atoms with Gasteiger partial charge in [0.2, 0.25) is 0 Å². The smallest absolute Gasteiger partial charge is 0.309 e. The zero-order valence-corrected chi connectivity index (χ0v) is 10.2. The molecule has 1 aromatic carbocycles. The van der Waals surface area contributed by atoms with Crippen LogP contribution in [0.25, 0.3) is 0 Å². The van der Waals surface area contributed by atoms with E-state index in [1.54, 1.807) is 0 Å². The number of cyclic esters (lactones) is 1. The second-order valence-corrected chi connectivity index (χ2v) is 4.67. The molecule has 3 rings (SSSR count). The first kappa shape index (κ1) is 12.6. The summed E-state index contributed by atoms with van der Waals surface area (Å²) in [5, 5.41) is 19.4. The molecular formula is C14H10O6. The van der Waals surface area contributed by atoms with Crippen molar-refractivity contribution in [3.05, 3.63) is 41.0 Å². The molecule has 0 aromatic heterocycles. The van der Waals surface area contributed by atoms with Gasteiger partial charge in [0.1, 0.15) is 11.9 Å². The van der Waals surface area contributed by atoms with Gasteiger partial charge in [-0.2, -0.15) is 0 Å². The highest BCUT2D eigenvalue weighted by Gasteiger charge is 2.41. The molecule has 1 aliphatic carbocycles. The van der Waals surface area contributed by atoms with E-state index in [0.29, 0.717) is 0 Å². The number of aliphatic hydroxyl groups excluding tert-OH is 1. The van der Waals surface area contributed by atoms with Gasteiger partial charge in [-0.25, -0.2) is 0 Å². The standard InChI is InChI=1S/C14H10O6/c15-8-3-1-2-6-12(8)9(16)4-7(13(6)19)14-10(17)5-11(18)20-14/h1-4,10,14-15,17H,5H2/t10-,14-/m1/s1. The summed E-state index contributed by atoms with van der Waals surface area (Å²) in [6.07, 6.45) is -1.48. The molecule has 20 heavy (non-hydrogen) atoms. The number of fused-ring (bicyclic) bond motifs is 1. The van der Waals surface area contributed by atoms with Crippen LogP contribution in [0.2, 0.25) is 0 Å². The number of carbonyl (C=O) groups excluding carboxylic acids is 3. The highest BCUT2D eigenvalue weighted by Crippen LogP contribution is 2.32.